The normalized spacial score (nSPS) is 56.7. The molecule has 2 aliphatic carbocycles. The van der Waals surface area contributed by atoms with Gasteiger partial charge in [0.05, 0.1) is 0 Å². The predicted molar refractivity (Wildman–Crippen MR) is 31.5 cm³/mol. The third-order valence-electron chi connectivity index (χ3n) is 2.74. The zero-order valence-corrected chi connectivity index (χ0v) is 5.31. The molecule has 52 valence electrons. The van der Waals surface area contributed by atoms with E-state index in [2.05, 4.69) is 0 Å². The third kappa shape index (κ3) is 0.692. The number of rotatable bonds is 0. The maximum atomic E-state index is 12.9. The SMILES string of the molecule is OC1(F)CC2CCC1C2. The summed E-state index contributed by atoms with van der Waals surface area (Å²) in [4.78, 5) is 0. The van der Waals surface area contributed by atoms with Crippen molar-refractivity contribution in [2.24, 2.45) is 11.8 Å². The minimum Gasteiger partial charge on any atom is -0.361 e. The first-order chi connectivity index (χ1) is 4.18. The highest BCUT2D eigenvalue weighted by Gasteiger charge is 2.50. The molecule has 0 radical (unpaired) electrons. The Labute approximate surface area is 53.9 Å². The molecule has 2 bridgehead atoms. The van der Waals surface area contributed by atoms with Crippen molar-refractivity contribution in [3.8, 4) is 0 Å². The lowest BCUT2D eigenvalue weighted by molar-refractivity contribution is -0.128. The van der Waals surface area contributed by atoms with Crippen molar-refractivity contribution in [1.29, 1.82) is 0 Å². The van der Waals surface area contributed by atoms with E-state index in [1.165, 1.54) is 0 Å². The molecule has 1 N–H and O–H groups in total. The van der Waals surface area contributed by atoms with Crippen LogP contribution in [0.15, 0.2) is 0 Å². The number of halogens is 1. The number of aliphatic hydroxyl groups is 1. The Hall–Kier alpha value is -0.110. The van der Waals surface area contributed by atoms with Gasteiger partial charge in [0.25, 0.3) is 0 Å². The number of hydrogen-bond acceptors (Lipinski definition) is 1. The second kappa shape index (κ2) is 1.48. The van der Waals surface area contributed by atoms with Gasteiger partial charge in [0.15, 0.2) is 0 Å². The molecule has 0 heterocycles. The van der Waals surface area contributed by atoms with Crippen LogP contribution in [0.2, 0.25) is 0 Å². The van der Waals surface area contributed by atoms with Gasteiger partial charge in [-0.25, -0.2) is 4.39 Å². The molecule has 0 aromatic carbocycles. The van der Waals surface area contributed by atoms with Crippen molar-refractivity contribution < 1.29 is 9.50 Å². The van der Waals surface area contributed by atoms with Crippen molar-refractivity contribution in [2.75, 3.05) is 0 Å². The van der Waals surface area contributed by atoms with E-state index in [0.29, 0.717) is 12.3 Å². The molecule has 2 saturated carbocycles. The molecule has 0 aliphatic heterocycles. The summed E-state index contributed by atoms with van der Waals surface area (Å²) in [6, 6.07) is 0. The lowest BCUT2D eigenvalue weighted by atomic mass is 9.96. The molecule has 3 unspecified atom stereocenters. The molecule has 0 aromatic rings. The van der Waals surface area contributed by atoms with Crippen molar-refractivity contribution in [2.45, 2.75) is 31.5 Å². The lowest BCUT2D eigenvalue weighted by Crippen LogP contribution is -2.28. The van der Waals surface area contributed by atoms with E-state index >= 15 is 0 Å². The highest BCUT2D eigenvalue weighted by molar-refractivity contribution is 4.94. The van der Waals surface area contributed by atoms with Gasteiger partial charge < -0.3 is 5.11 Å². The molecule has 2 rings (SSSR count). The largest absolute Gasteiger partial charge is 0.361 e. The molecule has 9 heavy (non-hydrogen) atoms. The standard InChI is InChI=1S/C7H11FO/c8-7(9)4-5-1-2-6(7)3-5/h5-6,9H,1-4H2. The summed E-state index contributed by atoms with van der Waals surface area (Å²) in [5.41, 5.74) is 0. The van der Waals surface area contributed by atoms with E-state index in [-0.39, 0.29) is 5.92 Å². The fourth-order valence-electron chi connectivity index (χ4n) is 2.23. The first kappa shape index (κ1) is 5.66. The van der Waals surface area contributed by atoms with Crippen molar-refractivity contribution in [3.63, 3.8) is 0 Å². The second-order valence-electron chi connectivity index (χ2n) is 3.40. The molecule has 0 aromatic heterocycles. The van der Waals surface area contributed by atoms with Gasteiger partial charge in [0.1, 0.15) is 0 Å². The van der Waals surface area contributed by atoms with Crippen LogP contribution in [0.25, 0.3) is 0 Å². The molecule has 0 amide bonds. The van der Waals surface area contributed by atoms with Crippen LogP contribution in [0.5, 0.6) is 0 Å². The van der Waals surface area contributed by atoms with Gasteiger partial charge in [0, 0.05) is 12.3 Å². The highest BCUT2D eigenvalue weighted by Crippen LogP contribution is 2.51. The van der Waals surface area contributed by atoms with Gasteiger partial charge in [-0.3, -0.25) is 0 Å². The minimum absolute atomic E-state index is 0.0255. The van der Waals surface area contributed by atoms with Gasteiger partial charge >= 0.3 is 0 Å². The topological polar surface area (TPSA) is 20.2 Å². The Bertz CT molecular complexity index is 133. The maximum absolute atomic E-state index is 12.9. The van der Waals surface area contributed by atoms with E-state index in [9.17, 15) is 4.39 Å². The van der Waals surface area contributed by atoms with Crippen molar-refractivity contribution >= 4 is 0 Å². The summed E-state index contributed by atoms with van der Waals surface area (Å²) in [6.45, 7) is 0. The van der Waals surface area contributed by atoms with Crippen LogP contribution >= 0.6 is 0 Å². The molecule has 2 heteroatoms. The van der Waals surface area contributed by atoms with Gasteiger partial charge in [-0.15, -0.1) is 0 Å². The molecular formula is C7H11FO. The Balaban J connectivity index is 2.18. The molecule has 2 aliphatic rings. The van der Waals surface area contributed by atoms with Crippen LogP contribution in [-0.2, 0) is 0 Å². The molecule has 2 fully saturated rings. The molecular weight excluding hydrogens is 119 g/mol. The second-order valence-corrected chi connectivity index (χ2v) is 3.40. The summed E-state index contributed by atoms with van der Waals surface area (Å²) in [5, 5.41) is 9.02. The summed E-state index contributed by atoms with van der Waals surface area (Å²) in [7, 11) is 0. The fourth-order valence-corrected chi connectivity index (χ4v) is 2.23. The van der Waals surface area contributed by atoms with Crippen LogP contribution in [0, 0.1) is 11.8 Å². The van der Waals surface area contributed by atoms with Gasteiger partial charge in [-0.2, -0.15) is 0 Å². The van der Waals surface area contributed by atoms with Gasteiger partial charge in [-0.1, -0.05) is 0 Å². The molecule has 3 atom stereocenters. The van der Waals surface area contributed by atoms with E-state index in [1.54, 1.807) is 0 Å². The monoisotopic (exact) mass is 130 g/mol. The van der Waals surface area contributed by atoms with Gasteiger partial charge in [-0.05, 0) is 25.2 Å². The van der Waals surface area contributed by atoms with E-state index in [1.807, 2.05) is 0 Å². The Kier molecular flexibility index (Phi) is 0.933. The quantitative estimate of drug-likeness (QED) is 0.526. The summed E-state index contributed by atoms with van der Waals surface area (Å²) < 4.78 is 12.9. The Morgan fingerprint density at radius 1 is 1.44 bits per heavy atom. The number of hydrogen-bond donors (Lipinski definition) is 1. The molecule has 1 nitrogen and oxygen atoms in total. The van der Waals surface area contributed by atoms with Crippen LogP contribution < -0.4 is 0 Å². The fraction of sp³-hybridized carbons (Fsp3) is 1.00. The lowest BCUT2D eigenvalue weighted by Gasteiger charge is -2.22. The zero-order valence-electron chi connectivity index (χ0n) is 5.31. The first-order valence-corrected chi connectivity index (χ1v) is 3.60. The average molecular weight is 130 g/mol. The molecule has 0 spiro atoms. The van der Waals surface area contributed by atoms with Crippen LogP contribution in [-0.4, -0.2) is 11.0 Å². The van der Waals surface area contributed by atoms with Gasteiger partial charge in [0.2, 0.25) is 5.85 Å². The average Bonchev–Trinajstić information content (AvgIpc) is 2.19. The Morgan fingerprint density at radius 2 is 2.22 bits per heavy atom. The molecule has 0 saturated heterocycles. The predicted octanol–water partition coefficient (Wildman–Crippen LogP) is 1.46. The zero-order chi connectivity index (χ0) is 6.48. The van der Waals surface area contributed by atoms with Crippen molar-refractivity contribution in [3.05, 3.63) is 0 Å². The minimum atomic E-state index is -1.79. The highest BCUT2D eigenvalue weighted by atomic mass is 19.2. The summed E-state index contributed by atoms with van der Waals surface area (Å²) in [6.07, 6.45) is 3.36. The van der Waals surface area contributed by atoms with Crippen LogP contribution in [0.4, 0.5) is 4.39 Å². The number of alkyl halides is 1. The maximum Gasteiger partial charge on any atom is 0.209 e. The number of fused-ring (bicyclic) bond motifs is 2. The van der Waals surface area contributed by atoms with E-state index in [4.69, 9.17) is 5.11 Å². The van der Waals surface area contributed by atoms with Crippen LogP contribution in [0.3, 0.4) is 0 Å². The first-order valence-electron chi connectivity index (χ1n) is 3.60. The summed E-state index contributed by atoms with van der Waals surface area (Å²) >= 11 is 0. The van der Waals surface area contributed by atoms with Crippen LogP contribution in [0.1, 0.15) is 25.7 Å². The smallest absolute Gasteiger partial charge is 0.209 e. The van der Waals surface area contributed by atoms with Crippen molar-refractivity contribution in [1.82, 2.24) is 0 Å². The van der Waals surface area contributed by atoms with E-state index < -0.39 is 5.85 Å². The third-order valence-corrected chi connectivity index (χ3v) is 2.74. The van der Waals surface area contributed by atoms with E-state index in [0.717, 1.165) is 19.3 Å². The Morgan fingerprint density at radius 3 is 2.44 bits per heavy atom. The summed E-state index contributed by atoms with van der Waals surface area (Å²) in [5.74, 6) is -1.32.